The van der Waals surface area contributed by atoms with Crippen LogP contribution in [0.4, 0.5) is 15.8 Å². The minimum atomic E-state index is -0.270. The molecule has 1 aromatic rings. The number of hydrogen-bond acceptors (Lipinski definition) is 3. The van der Waals surface area contributed by atoms with E-state index in [1.165, 1.54) is 25.3 Å². The molecule has 0 atom stereocenters. The number of aryl methyl sites for hydroxylation is 1. The number of aliphatic hydroxyl groups excluding tert-OH is 1. The Labute approximate surface area is 114 Å². The summed E-state index contributed by atoms with van der Waals surface area (Å²) in [7, 11) is 0. The molecule has 3 N–H and O–H groups in total. The Morgan fingerprint density at radius 1 is 1.32 bits per heavy atom. The van der Waals surface area contributed by atoms with E-state index in [1.54, 1.807) is 13.0 Å². The molecule has 0 heterocycles. The van der Waals surface area contributed by atoms with E-state index in [-0.39, 0.29) is 12.4 Å². The number of hydrogen-bond donors (Lipinski definition) is 2. The van der Waals surface area contributed by atoms with Crippen molar-refractivity contribution in [1.29, 1.82) is 0 Å². The normalized spacial score (nSPS) is 16.6. The number of halogens is 1. The fourth-order valence-electron chi connectivity index (χ4n) is 2.93. The average molecular weight is 266 g/mol. The van der Waals surface area contributed by atoms with Crippen molar-refractivity contribution in [2.75, 3.05) is 23.8 Å². The quantitative estimate of drug-likeness (QED) is 0.824. The second-order valence-corrected chi connectivity index (χ2v) is 5.37. The highest BCUT2D eigenvalue weighted by Crippen LogP contribution is 2.32. The molecule has 2 rings (SSSR count). The first-order valence-corrected chi connectivity index (χ1v) is 7.06. The van der Waals surface area contributed by atoms with Crippen molar-refractivity contribution in [2.45, 2.75) is 45.1 Å². The predicted octanol–water partition coefficient (Wildman–Crippen LogP) is 2.85. The summed E-state index contributed by atoms with van der Waals surface area (Å²) < 4.78 is 13.5. The highest BCUT2D eigenvalue weighted by atomic mass is 19.1. The third-order valence-electron chi connectivity index (χ3n) is 3.97. The van der Waals surface area contributed by atoms with Crippen LogP contribution in [0, 0.1) is 12.7 Å². The first kappa shape index (κ1) is 14.1. The van der Waals surface area contributed by atoms with Gasteiger partial charge in [-0.25, -0.2) is 4.39 Å². The van der Waals surface area contributed by atoms with E-state index in [0.717, 1.165) is 18.5 Å². The molecular formula is C15H23FN2O. The summed E-state index contributed by atoms with van der Waals surface area (Å²) in [6, 6.07) is 3.60. The number of benzene rings is 1. The van der Waals surface area contributed by atoms with Crippen molar-refractivity contribution in [3.05, 3.63) is 23.5 Å². The Kier molecular flexibility index (Phi) is 4.64. The fraction of sp³-hybridized carbons (Fsp3) is 0.600. The molecule has 0 aromatic heterocycles. The van der Waals surface area contributed by atoms with Crippen molar-refractivity contribution >= 4 is 11.4 Å². The van der Waals surface area contributed by atoms with Gasteiger partial charge in [-0.2, -0.15) is 0 Å². The molecule has 3 nitrogen and oxygen atoms in total. The zero-order chi connectivity index (χ0) is 13.8. The summed E-state index contributed by atoms with van der Waals surface area (Å²) in [5.41, 5.74) is 7.89. The summed E-state index contributed by atoms with van der Waals surface area (Å²) in [5, 5.41) is 9.29. The summed E-state index contributed by atoms with van der Waals surface area (Å²) in [5.74, 6) is -0.270. The van der Waals surface area contributed by atoms with Crippen LogP contribution in [-0.2, 0) is 0 Å². The van der Waals surface area contributed by atoms with Crippen molar-refractivity contribution in [3.8, 4) is 0 Å². The topological polar surface area (TPSA) is 49.5 Å². The minimum Gasteiger partial charge on any atom is -0.397 e. The van der Waals surface area contributed by atoms with E-state index in [1.807, 2.05) is 0 Å². The number of aliphatic hydroxyl groups is 1. The largest absolute Gasteiger partial charge is 0.397 e. The molecule has 0 aliphatic heterocycles. The Balaban J connectivity index is 2.29. The second kappa shape index (κ2) is 6.24. The van der Waals surface area contributed by atoms with Crippen LogP contribution in [0.1, 0.15) is 37.7 Å². The van der Waals surface area contributed by atoms with E-state index < -0.39 is 0 Å². The van der Waals surface area contributed by atoms with Gasteiger partial charge in [-0.3, -0.25) is 0 Å². The minimum absolute atomic E-state index is 0.0896. The maximum atomic E-state index is 13.5. The number of rotatable bonds is 4. The average Bonchev–Trinajstić information content (AvgIpc) is 2.42. The van der Waals surface area contributed by atoms with Crippen LogP contribution in [-0.4, -0.2) is 24.3 Å². The van der Waals surface area contributed by atoms with Gasteiger partial charge in [0.05, 0.1) is 18.0 Å². The molecule has 1 saturated carbocycles. The van der Waals surface area contributed by atoms with Gasteiger partial charge in [-0.05, 0) is 37.5 Å². The second-order valence-electron chi connectivity index (χ2n) is 5.37. The number of anilines is 2. The van der Waals surface area contributed by atoms with E-state index in [4.69, 9.17) is 5.73 Å². The Hall–Kier alpha value is -1.29. The van der Waals surface area contributed by atoms with Gasteiger partial charge in [-0.1, -0.05) is 19.3 Å². The molecule has 1 aromatic carbocycles. The number of nitrogens with zero attached hydrogens (tertiary/aromatic N) is 1. The first-order valence-electron chi connectivity index (χ1n) is 7.06. The third-order valence-corrected chi connectivity index (χ3v) is 3.97. The smallest absolute Gasteiger partial charge is 0.128 e. The molecule has 1 aliphatic rings. The van der Waals surface area contributed by atoms with Crippen LogP contribution in [0.15, 0.2) is 12.1 Å². The maximum Gasteiger partial charge on any atom is 0.128 e. The molecular weight excluding hydrogens is 243 g/mol. The molecule has 1 fully saturated rings. The summed E-state index contributed by atoms with van der Waals surface area (Å²) in [6.07, 6.45) is 5.95. The maximum absolute atomic E-state index is 13.5. The van der Waals surface area contributed by atoms with Crippen LogP contribution >= 0.6 is 0 Å². The Bertz CT molecular complexity index is 430. The molecule has 19 heavy (non-hydrogen) atoms. The molecule has 4 heteroatoms. The van der Waals surface area contributed by atoms with Crippen LogP contribution in [0.25, 0.3) is 0 Å². The third kappa shape index (κ3) is 3.18. The monoisotopic (exact) mass is 266 g/mol. The molecule has 106 valence electrons. The Morgan fingerprint density at radius 2 is 2.00 bits per heavy atom. The van der Waals surface area contributed by atoms with Gasteiger partial charge in [0.15, 0.2) is 0 Å². The lowest BCUT2D eigenvalue weighted by Crippen LogP contribution is -2.39. The summed E-state index contributed by atoms with van der Waals surface area (Å²) in [4.78, 5) is 2.15. The predicted molar refractivity (Wildman–Crippen MR) is 76.9 cm³/mol. The summed E-state index contributed by atoms with van der Waals surface area (Å²) in [6.45, 7) is 2.39. The fourth-order valence-corrected chi connectivity index (χ4v) is 2.93. The van der Waals surface area contributed by atoms with Gasteiger partial charge >= 0.3 is 0 Å². The standard InChI is InChI=1S/C15H23FN2O/c1-11-9-15(14(17)10-13(11)16)18(7-8-19)12-5-3-2-4-6-12/h9-10,12,19H,2-8,17H2,1H3. The van der Waals surface area contributed by atoms with Crippen LogP contribution in [0.5, 0.6) is 0 Å². The molecule has 0 saturated heterocycles. The Morgan fingerprint density at radius 3 is 2.63 bits per heavy atom. The van der Waals surface area contributed by atoms with Gasteiger partial charge in [0.1, 0.15) is 5.82 Å². The molecule has 0 amide bonds. The van der Waals surface area contributed by atoms with Gasteiger partial charge in [0.2, 0.25) is 0 Å². The van der Waals surface area contributed by atoms with Crippen molar-refractivity contribution in [1.82, 2.24) is 0 Å². The van der Waals surface area contributed by atoms with Crippen molar-refractivity contribution in [2.24, 2.45) is 0 Å². The van der Waals surface area contributed by atoms with E-state index >= 15 is 0 Å². The van der Waals surface area contributed by atoms with Gasteiger partial charge in [0, 0.05) is 12.6 Å². The molecule has 0 unspecified atom stereocenters. The molecule has 0 bridgehead atoms. The molecule has 1 aliphatic carbocycles. The lowest BCUT2D eigenvalue weighted by Gasteiger charge is -2.36. The summed E-state index contributed by atoms with van der Waals surface area (Å²) >= 11 is 0. The van der Waals surface area contributed by atoms with E-state index in [0.29, 0.717) is 23.8 Å². The van der Waals surface area contributed by atoms with Gasteiger partial charge in [-0.15, -0.1) is 0 Å². The molecule has 0 radical (unpaired) electrons. The number of nitrogen functional groups attached to an aromatic ring is 1. The highest BCUT2D eigenvalue weighted by molar-refractivity contribution is 5.69. The van der Waals surface area contributed by atoms with Gasteiger partial charge < -0.3 is 15.7 Å². The van der Waals surface area contributed by atoms with E-state index in [2.05, 4.69) is 4.90 Å². The van der Waals surface area contributed by atoms with Crippen LogP contribution in [0.2, 0.25) is 0 Å². The lowest BCUT2D eigenvalue weighted by molar-refractivity contribution is 0.290. The van der Waals surface area contributed by atoms with Crippen molar-refractivity contribution < 1.29 is 9.50 Å². The van der Waals surface area contributed by atoms with Gasteiger partial charge in [0.25, 0.3) is 0 Å². The highest BCUT2D eigenvalue weighted by Gasteiger charge is 2.23. The first-order chi connectivity index (χ1) is 9.13. The molecule has 0 spiro atoms. The zero-order valence-corrected chi connectivity index (χ0v) is 11.5. The van der Waals surface area contributed by atoms with Crippen LogP contribution in [0.3, 0.4) is 0 Å². The van der Waals surface area contributed by atoms with Crippen LogP contribution < -0.4 is 10.6 Å². The lowest BCUT2D eigenvalue weighted by atomic mass is 9.93. The number of nitrogens with two attached hydrogens (primary N) is 1. The SMILES string of the molecule is Cc1cc(N(CCO)C2CCCCC2)c(N)cc1F. The zero-order valence-electron chi connectivity index (χ0n) is 11.5. The van der Waals surface area contributed by atoms with E-state index in [9.17, 15) is 9.50 Å². The van der Waals surface area contributed by atoms with Crippen molar-refractivity contribution in [3.63, 3.8) is 0 Å².